The Hall–Kier alpha value is -1.38. The SMILES string of the molecule is CC1COCC(CCc2ccc3ccccc3c2)N1. The third-order valence-corrected chi connectivity index (χ3v) is 3.80. The van der Waals surface area contributed by atoms with E-state index in [0.29, 0.717) is 12.1 Å². The second-order valence-corrected chi connectivity index (χ2v) is 5.52. The van der Waals surface area contributed by atoms with E-state index in [9.17, 15) is 0 Å². The maximum Gasteiger partial charge on any atom is 0.0620 e. The summed E-state index contributed by atoms with van der Waals surface area (Å²) in [6.07, 6.45) is 2.25. The Bertz CT molecular complexity index is 552. The topological polar surface area (TPSA) is 21.3 Å². The van der Waals surface area contributed by atoms with E-state index in [1.807, 2.05) is 0 Å². The van der Waals surface area contributed by atoms with Crippen LogP contribution in [0.5, 0.6) is 0 Å². The number of ether oxygens (including phenoxy) is 1. The molecule has 0 amide bonds. The van der Waals surface area contributed by atoms with Crippen LogP contribution in [0, 0.1) is 0 Å². The highest BCUT2D eigenvalue weighted by atomic mass is 16.5. The summed E-state index contributed by atoms with van der Waals surface area (Å²) in [6.45, 7) is 3.87. The summed E-state index contributed by atoms with van der Waals surface area (Å²) in [7, 11) is 0. The zero-order chi connectivity index (χ0) is 13.1. The standard InChI is InChI=1S/C17H21NO/c1-13-11-19-12-17(18-13)9-7-14-6-8-15-4-2-3-5-16(15)10-14/h2-6,8,10,13,17-18H,7,9,11-12H2,1H3. The molecule has 1 aliphatic rings. The second-order valence-electron chi connectivity index (χ2n) is 5.52. The van der Waals surface area contributed by atoms with Crippen molar-refractivity contribution in [1.29, 1.82) is 0 Å². The van der Waals surface area contributed by atoms with Crippen LogP contribution in [0.3, 0.4) is 0 Å². The van der Waals surface area contributed by atoms with E-state index in [-0.39, 0.29) is 0 Å². The third kappa shape index (κ3) is 3.14. The van der Waals surface area contributed by atoms with Crippen molar-refractivity contribution in [3.05, 3.63) is 48.0 Å². The summed E-state index contributed by atoms with van der Waals surface area (Å²) in [6, 6.07) is 16.3. The summed E-state index contributed by atoms with van der Waals surface area (Å²) in [5, 5.41) is 6.25. The van der Waals surface area contributed by atoms with Crippen molar-refractivity contribution in [1.82, 2.24) is 5.32 Å². The Balaban J connectivity index is 1.64. The molecule has 1 N–H and O–H groups in total. The summed E-state index contributed by atoms with van der Waals surface area (Å²) in [5.41, 5.74) is 1.42. The third-order valence-electron chi connectivity index (χ3n) is 3.80. The highest BCUT2D eigenvalue weighted by Crippen LogP contribution is 2.17. The first-order chi connectivity index (χ1) is 9.31. The van der Waals surface area contributed by atoms with Gasteiger partial charge < -0.3 is 10.1 Å². The number of hydrogen-bond donors (Lipinski definition) is 1. The van der Waals surface area contributed by atoms with Crippen LogP contribution in [-0.2, 0) is 11.2 Å². The van der Waals surface area contributed by atoms with E-state index >= 15 is 0 Å². The van der Waals surface area contributed by atoms with Crippen molar-refractivity contribution in [3.63, 3.8) is 0 Å². The Kier molecular flexibility index (Phi) is 3.81. The van der Waals surface area contributed by atoms with Crippen LogP contribution in [0.15, 0.2) is 42.5 Å². The van der Waals surface area contributed by atoms with E-state index < -0.39 is 0 Å². The van der Waals surface area contributed by atoms with Gasteiger partial charge in [0.05, 0.1) is 13.2 Å². The molecule has 2 heteroatoms. The van der Waals surface area contributed by atoms with Gasteiger partial charge in [-0.2, -0.15) is 0 Å². The van der Waals surface area contributed by atoms with Crippen LogP contribution < -0.4 is 5.32 Å². The molecule has 3 rings (SSSR count). The van der Waals surface area contributed by atoms with Crippen molar-refractivity contribution >= 4 is 10.8 Å². The van der Waals surface area contributed by atoms with E-state index in [1.165, 1.54) is 16.3 Å². The molecule has 0 spiro atoms. The van der Waals surface area contributed by atoms with Gasteiger partial charge in [0.15, 0.2) is 0 Å². The van der Waals surface area contributed by atoms with E-state index in [0.717, 1.165) is 26.1 Å². The lowest BCUT2D eigenvalue weighted by molar-refractivity contribution is 0.0483. The molecule has 2 nitrogen and oxygen atoms in total. The highest BCUT2D eigenvalue weighted by molar-refractivity contribution is 5.82. The van der Waals surface area contributed by atoms with Gasteiger partial charge in [0.1, 0.15) is 0 Å². The number of hydrogen-bond acceptors (Lipinski definition) is 2. The fourth-order valence-electron chi connectivity index (χ4n) is 2.79. The smallest absolute Gasteiger partial charge is 0.0620 e. The van der Waals surface area contributed by atoms with Gasteiger partial charge in [-0.3, -0.25) is 0 Å². The predicted molar refractivity (Wildman–Crippen MR) is 79.5 cm³/mol. The molecular weight excluding hydrogens is 234 g/mol. The van der Waals surface area contributed by atoms with Gasteiger partial charge in [0, 0.05) is 12.1 Å². The van der Waals surface area contributed by atoms with E-state index in [4.69, 9.17) is 4.74 Å². The van der Waals surface area contributed by atoms with Gasteiger partial charge in [0.2, 0.25) is 0 Å². The van der Waals surface area contributed by atoms with Crippen LogP contribution in [0.1, 0.15) is 18.9 Å². The van der Waals surface area contributed by atoms with E-state index in [2.05, 4.69) is 54.7 Å². The van der Waals surface area contributed by atoms with E-state index in [1.54, 1.807) is 0 Å². The number of fused-ring (bicyclic) bond motifs is 1. The molecule has 100 valence electrons. The molecule has 2 aromatic rings. The molecule has 1 aliphatic heterocycles. The lowest BCUT2D eigenvalue weighted by Gasteiger charge is -2.29. The largest absolute Gasteiger partial charge is 0.378 e. The first kappa shape index (κ1) is 12.6. The average Bonchev–Trinajstić information content (AvgIpc) is 2.45. The molecule has 2 aromatic carbocycles. The molecule has 0 saturated carbocycles. The molecule has 2 atom stereocenters. The first-order valence-electron chi connectivity index (χ1n) is 7.13. The second kappa shape index (κ2) is 5.72. The van der Waals surface area contributed by atoms with Crippen LogP contribution in [0.25, 0.3) is 10.8 Å². The minimum Gasteiger partial charge on any atom is -0.378 e. The van der Waals surface area contributed by atoms with Crippen LogP contribution >= 0.6 is 0 Å². The molecule has 1 fully saturated rings. The Morgan fingerprint density at radius 2 is 1.95 bits per heavy atom. The average molecular weight is 255 g/mol. The molecule has 0 bridgehead atoms. The summed E-state index contributed by atoms with van der Waals surface area (Å²) in [5.74, 6) is 0. The summed E-state index contributed by atoms with van der Waals surface area (Å²) in [4.78, 5) is 0. The van der Waals surface area contributed by atoms with Crippen LogP contribution in [0.2, 0.25) is 0 Å². The maximum absolute atomic E-state index is 5.59. The van der Waals surface area contributed by atoms with Crippen LogP contribution in [-0.4, -0.2) is 25.3 Å². The number of rotatable bonds is 3. The monoisotopic (exact) mass is 255 g/mol. The number of aryl methyl sites for hydroxylation is 1. The summed E-state index contributed by atoms with van der Waals surface area (Å²) < 4.78 is 5.59. The minimum absolute atomic E-state index is 0.482. The van der Waals surface area contributed by atoms with Gasteiger partial charge >= 0.3 is 0 Å². The first-order valence-corrected chi connectivity index (χ1v) is 7.13. The van der Waals surface area contributed by atoms with Gasteiger partial charge in [-0.25, -0.2) is 0 Å². The molecule has 1 saturated heterocycles. The molecule has 0 aromatic heterocycles. The zero-order valence-electron chi connectivity index (χ0n) is 11.4. The number of nitrogens with one attached hydrogen (secondary N) is 1. The lowest BCUT2D eigenvalue weighted by Crippen LogP contribution is -2.47. The number of benzene rings is 2. The predicted octanol–water partition coefficient (Wildman–Crippen LogP) is 3.15. The fourth-order valence-corrected chi connectivity index (χ4v) is 2.79. The lowest BCUT2D eigenvalue weighted by atomic mass is 10.0. The maximum atomic E-state index is 5.59. The number of morpholine rings is 1. The highest BCUT2D eigenvalue weighted by Gasteiger charge is 2.17. The normalized spacial score (nSPS) is 23.6. The molecule has 2 unspecified atom stereocenters. The van der Waals surface area contributed by atoms with Gasteiger partial charge in [-0.15, -0.1) is 0 Å². The van der Waals surface area contributed by atoms with Gasteiger partial charge in [-0.05, 0) is 36.1 Å². The van der Waals surface area contributed by atoms with Gasteiger partial charge in [-0.1, -0.05) is 42.5 Å². The molecule has 0 aliphatic carbocycles. The van der Waals surface area contributed by atoms with Crippen molar-refractivity contribution < 1.29 is 4.74 Å². The minimum atomic E-state index is 0.482. The Morgan fingerprint density at radius 1 is 1.11 bits per heavy atom. The van der Waals surface area contributed by atoms with Gasteiger partial charge in [0.25, 0.3) is 0 Å². The zero-order valence-corrected chi connectivity index (χ0v) is 11.4. The molecule has 0 radical (unpaired) electrons. The molecule has 1 heterocycles. The molecular formula is C17H21NO. The summed E-state index contributed by atoms with van der Waals surface area (Å²) >= 11 is 0. The molecule has 19 heavy (non-hydrogen) atoms. The van der Waals surface area contributed by atoms with Crippen molar-refractivity contribution in [2.45, 2.75) is 31.8 Å². The Labute approximate surface area is 114 Å². The van der Waals surface area contributed by atoms with Crippen LogP contribution in [0.4, 0.5) is 0 Å². The fraction of sp³-hybridized carbons (Fsp3) is 0.412. The quantitative estimate of drug-likeness (QED) is 0.909. The van der Waals surface area contributed by atoms with Crippen molar-refractivity contribution in [2.24, 2.45) is 0 Å². The van der Waals surface area contributed by atoms with Crippen molar-refractivity contribution in [3.8, 4) is 0 Å². The Morgan fingerprint density at radius 3 is 2.79 bits per heavy atom. The van der Waals surface area contributed by atoms with Crippen molar-refractivity contribution in [2.75, 3.05) is 13.2 Å².